The maximum Gasteiger partial charge on any atom is 0.311 e. The molecule has 0 unspecified atom stereocenters. The number of ether oxygens (including phenoxy) is 1. The molecule has 0 spiro atoms. The Kier molecular flexibility index (Phi) is 3.65. The lowest BCUT2D eigenvalue weighted by molar-refractivity contribution is -0.385. The highest BCUT2D eigenvalue weighted by Gasteiger charge is 2.14. The highest BCUT2D eigenvalue weighted by Crippen LogP contribution is 2.29. The van der Waals surface area contributed by atoms with Gasteiger partial charge in [-0.05, 0) is 6.07 Å². The number of nitrogens with one attached hydrogen (secondary N) is 1. The standard InChI is InChI=1S/C12H14N4O3/c1-15-8-9(7-14-15)6-13-10-3-4-11(16(17)18)12(5-10)19-2/h3-5,7-8,13H,6H2,1-2H3. The molecule has 100 valence electrons. The maximum atomic E-state index is 10.8. The molecule has 0 saturated heterocycles. The Hall–Kier alpha value is -2.57. The van der Waals surface area contributed by atoms with E-state index in [1.807, 2.05) is 13.2 Å². The lowest BCUT2D eigenvalue weighted by Gasteiger charge is -2.07. The molecule has 7 heteroatoms. The Morgan fingerprint density at radius 3 is 2.89 bits per heavy atom. The number of aryl methyl sites for hydroxylation is 1. The van der Waals surface area contributed by atoms with Crippen LogP contribution in [0.5, 0.6) is 5.75 Å². The van der Waals surface area contributed by atoms with Gasteiger partial charge in [-0.2, -0.15) is 5.10 Å². The van der Waals surface area contributed by atoms with E-state index in [0.717, 1.165) is 11.3 Å². The van der Waals surface area contributed by atoms with Crippen LogP contribution in [0.2, 0.25) is 0 Å². The van der Waals surface area contributed by atoms with Crippen molar-refractivity contribution in [2.24, 2.45) is 7.05 Å². The second-order valence-electron chi connectivity index (χ2n) is 4.02. The molecule has 0 fully saturated rings. The number of nitro benzene ring substituents is 1. The van der Waals surface area contributed by atoms with E-state index in [9.17, 15) is 10.1 Å². The van der Waals surface area contributed by atoms with E-state index in [1.165, 1.54) is 13.2 Å². The zero-order valence-corrected chi connectivity index (χ0v) is 10.7. The number of anilines is 1. The van der Waals surface area contributed by atoms with Crippen LogP contribution in [0.15, 0.2) is 30.6 Å². The van der Waals surface area contributed by atoms with Gasteiger partial charge in [-0.1, -0.05) is 0 Å². The highest BCUT2D eigenvalue weighted by molar-refractivity contribution is 5.58. The van der Waals surface area contributed by atoms with Crippen LogP contribution in [-0.2, 0) is 13.6 Å². The third-order valence-corrected chi connectivity index (χ3v) is 2.63. The summed E-state index contributed by atoms with van der Waals surface area (Å²) in [6, 6.07) is 4.68. The Bertz CT molecular complexity index is 594. The summed E-state index contributed by atoms with van der Waals surface area (Å²) in [7, 11) is 3.26. The number of hydrogen-bond acceptors (Lipinski definition) is 5. The van der Waals surface area contributed by atoms with Gasteiger partial charge in [0.15, 0.2) is 5.75 Å². The number of nitro groups is 1. The molecule has 0 aliphatic rings. The van der Waals surface area contributed by atoms with E-state index in [4.69, 9.17) is 4.74 Å². The first-order valence-electron chi connectivity index (χ1n) is 5.64. The molecule has 0 amide bonds. The minimum absolute atomic E-state index is 0.0468. The lowest BCUT2D eigenvalue weighted by Crippen LogP contribution is -2.00. The zero-order chi connectivity index (χ0) is 13.8. The Labute approximate surface area is 110 Å². The van der Waals surface area contributed by atoms with Gasteiger partial charge in [0.1, 0.15) is 0 Å². The number of aromatic nitrogens is 2. The summed E-state index contributed by atoms with van der Waals surface area (Å²) in [6.45, 7) is 0.592. The number of methoxy groups -OCH3 is 1. The summed E-state index contributed by atoms with van der Waals surface area (Å²) < 4.78 is 6.72. The summed E-state index contributed by atoms with van der Waals surface area (Å²) in [5.74, 6) is 0.237. The van der Waals surface area contributed by atoms with Crippen LogP contribution >= 0.6 is 0 Å². The van der Waals surface area contributed by atoms with Gasteiger partial charge in [0.25, 0.3) is 0 Å². The van der Waals surface area contributed by atoms with E-state index in [-0.39, 0.29) is 11.4 Å². The van der Waals surface area contributed by atoms with Crippen LogP contribution < -0.4 is 10.1 Å². The monoisotopic (exact) mass is 262 g/mol. The Morgan fingerprint density at radius 1 is 1.53 bits per heavy atom. The van der Waals surface area contributed by atoms with Crippen LogP contribution in [0, 0.1) is 10.1 Å². The Morgan fingerprint density at radius 2 is 2.32 bits per heavy atom. The maximum absolute atomic E-state index is 10.8. The molecule has 7 nitrogen and oxygen atoms in total. The van der Waals surface area contributed by atoms with Crippen molar-refractivity contribution in [1.29, 1.82) is 0 Å². The van der Waals surface area contributed by atoms with Gasteiger partial charge < -0.3 is 10.1 Å². The van der Waals surface area contributed by atoms with Crippen LogP contribution in [-0.4, -0.2) is 21.8 Å². The summed E-state index contributed by atoms with van der Waals surface area (Å²) >= 11 is 0. The molecule has 1 N–H and O–H groups in total. The van der Waals surface area contributed by atoms with Gasteiger partial charge in [0.2, 0.25) is 0 Å². The first-order chi connectivity index (χ1) is 9.10. The molecule has 1 aromatic carbocycles. The molecule has 0 atom stereocenters. The zero-order valence-electron chi connectivity index (χ0n) is 10.7. The lowest BCUT2D eigenvalue weighted by atomic mass is 10.2. The SMILES string of the molecule is COc1cc(NCc2cnn(C)c2)ccc1[N+](=O)[O-]. The summed E-state index contributed by atoms with van der Waals surface area (Å²) in [5, 5.41) is 18.0. The topological polar surface area (TPSA) is 82.2 Å². The second kappa shape index (κ2) is 5.38. The first kappa shape index (κ1) is 12.9. The molecule has 1 heterocycles. The minimum Gasteiger partial charge on any atom is -0.490 e. The third kappa shape index (κ3) is 3.01. The predicted molar refractivity (Wildman–Crippen MR) is 70.2 cm³/mol. The molecular formula is C12H14N4O3. The second-order valence-corrected chi connectivity index (χ2v) is 4.02. The van der Waals surface area contributed by atoms with Gasteiger partial charge in [0, 0.05) is 43.2 Å². The number of nitrogens with zero attached hydrogens (tertiary/aromatic N) is 3. The molecule has 2 aromatic rings. The fourth-order valence-electron chi connectivity index (χ4n) is 1.71. The molecule has 0 bridgehead atoms. The quantitative estimate of drug-likeness (QED) is 0.657. The van der Waals surface area contributed by atoms with Gasteiger partial charge in [-0.25, -0.2) is 0 Å². The van der Waals surface area contributed by atoms with Crippen molar-refractivity contribution in [1.82, 2.24) is 9.78 Å². The summed E-state index contributed by atoms with van der Waals surface area (Å²) in [6.07, 6.45) is 3.66. The van der Waals surface area contributed by atoms with E-state index in [0.29, 0.717) is 6.54 Å². The van der Waals surface area contributed by atoms with Crippen LogP contribution in [0.4, 0.5) is 11.4 Å². The number of benzene rings is 1. The van der Waals surface area contributed by atoms with Crippen molar-refractivity contribution in [3.63, 3.8) is 0 Å². The molecule has 1 aromatic heterocycles. The smallest absolute Gasteiger partial charge is 0.311 e. The summed E-state index contributed by atoms with van der Waals surface area (Å²) in [4.78, 5) is 10.3. The van der Waals surface area contributed by atoms with Crippen LogP contribution in [0.1, 0.15) is 5.56 Å². The van der Waals surface area contributed by atoms with Crippen molar-refractivity contribution in [3.8, 4) is 5.75 Å². The molecule has 0 aliphatic carbocycles. The van der Waals surface area contributed by atoms with Crippen LogP contribution in [0.3, 0.4) is 0 Å². The minimum atomic E-state index is -0.469. The molecule has 2 rings (SSSR count). The van der Waals surface area contributed by atoms with Crippen molar-refractivity contribution in [3.05, 3.63) is 46.3 Å². The van der Waals surface area contributed by atoms with Crippen molar-refractivity contribution >= 4 is 11.4 Å². The van der Waals surface area contributed by atoms with Gasteiger partial charge in [-0.3, -0.25) is 14.8 Å². The Balaban J connectivity index is 2.11. The average molecular weight is 262 g/mol. The number of rotatable bonds is 5. The molecule has 0 aliphatic heterocycles. The third-order valence-electron chi connectivity index (χ3n) is 2.63. The average Bonchev–Trinajstić information content (AvgIpc) is 2.81. The fraction of sp³-hybridized carbons (Fsp3) is 0.250. The van der Waals surface area contributed by atoms with Gasteiger partial charge >= 0.3 is 5.69 Å². The normalized spacial score (nSPS) is 10.2. The van der Waals surface area contributed by atoms with Crippen LogP contribution in [0.25, 0.3) is 0 Å². The van der Waals surface area contributed by atoms with E-state index < -0.39 is 4.92 Å². The highest BCUT2D eigenvalue weighted by atomic mass is 16.6. The molecular weight excluding hydrogens is 248 g/mol. The van der Waals surface area contributed by atoms with Gasteiger partial charge in [0.05, 0.1) is 18.2 Å². The first-order valence-corrected chi connectivity index (χ1v) is 5.64. The predicted octanol–water partition coefficient (Wildman–Crippen LogP) is 1.95. The largest absolute Gasteiger partial charge is 0.490 e. The van der Waals surface area contributed by atoms with Gasteiger partial charge in [-0.15, -0.1) is 0 Å². The molecule has 19 heavy (non-hydrogen) atoms. The van der Waals surface area contributed by atoms with E-state index in [2.05, 4.69) is 10.4 Å². The molecule has 0 radical (unpaired) electrons. The van der Waals surface area contributed by atoms with Crippen molar-refractivity contribution in [2.45, 2.75) is 6.54 Å². The van der Waals surface area contributed by atoms with E-state index in [1.54, 1.807) is 23.0 Å². The van der Waals surface area contributed by atoms with E-state index >= 15 is 0 Å². The summed E-state index contributed by atoms with van der Waals surface area (Å²) in [5.41, 5.74) is 1.74. The fourth-order valence-corrected chi connectivity index (χ4v) is 1.71. The molecule has 0 saturated carbocycles. The number of hydrogen-bond donors (Lipinski definition) is 1. The van der Waals surface area contributed by atoms with Crippen molar-refractivity contribution < 1.29 is 9.66 Å². The van der Waals surface area contributed by atoms with Crippen molar-refractivity contribution in [2.75, 3.05) is 12.4 Å².